The van der Waals surface area contributed by atoms with Crippen LogP contribution in [0, 0.1) is 0 Å². The summed E-state index contributed by atoms with van der Waals surface area (Å²) < 4.78 is 0. The van der Waals surface area contributed by atoms with E-state index >= 15 is 0 Å². The van der Waals surface area contributed by atoms with Gasteiger partial charge in [-0.15, -0.1) is 22.7 Å². The first kappa shape index (κ1) is 40.0. The summed E-state index contributed by atoms with van der Waals surface area (Å²) in [5.74, 6) is 0. The lowest BCUT2D eigenvalue weighted by atomic mass is 9.98. The lowest BCUT2D eigenvalue weighted by molar-refractivity contribution is 0.652. The highest BCUT2D eigenvalue weighted by molar-refractivity contribution is 7.11. The van der Waals surface area contributed by atoms with Crippen molar-refractivity contribution in [2.45, 2.75) is 156 Å². The Kier molecular flexibility index (Phi) is 18.9. The molecule has 4 aromatic rings. The number of pyridine rings is 2. The lowest BCUT2D eigenvalue weighted by Crippen LogP contribution is -1.94. The number of thiophene rings is 2. The molecule has 0 aliphatic rings. The summed E-state index contributed by atoms with van der Waals surface area (Å²) in [5.41, 5.74) is 10.5. The highest BCUT2D eigenvalue weighted by Gasteiger charge is 2.12. The van der Waals surface area contributed by atoms with Crippen LogP contribution in [0.3, 0.4) is 0 Å². The number of aromatic nitrogens is 2. The Labute approximate surface area is 313 Å². The number of aryl methyl sites for hydroxylation is 2. The van der Waals surface area contributed by atoms with Crippen LogP contribution in [0.25, 0.3) is 35.7 Å². The van der Waals surface area contributed by atoms with Gasteiger partial charge in [-0.2, -0.15) is 0 Å². The fourth-order valence-corrected chi connectivity index (χ4v) is 8.91. The molecule has 0 radical (unpaired) electrons. The Morgan fingerprint density at radius 1 is 0.460 bits per heavy atom. The Morgan fingerprint density at radius 3 is 1.22 bits per heavy atom. The quantitative estimate of drug-likeness (QED) is 0.0641. The fraction of sp³-hybridized carbons (Fsp3) is 0.522. The smallest absolute Gasteiger partial charge is 0.0892 e. The van der Waals surface area contributed by atoms with Crippen LogP contribution < -0.4 is 0 Å². The summed E-state index contributed by atoms with van der Waals surface area (Å²) in [6.07, 6.45) is 39.0. The molecule has 0 aliphatic carbocycles. The molecule has 0 unspecified atom stereocenters. The van der Waals surface area contributed by atoms with Gasteiger partial charge in [0.1, 0.15) is 0 Å². The second-order valence-corrected chi connectivity index (χ2v) is 15.9. The third-order valence-electron chi connectivity index (χ3n) is 9.87. The highest BCUT2D eigenvalue weighted by Crippen LogP contribution is 2.31. The molecule has 0 bridgehead atoms. The van der Waals surface area contributed by atoms with Gasteiger partial charge < -0.3 is 0 Å². The predicted molar refractivity (Wildman–Crippen MR) is 225 cm³/mol. The fourth-order valence-electron chi connectivity index (χ4n) is 6.80. The average molecular weight is 709 g/mol. The van der Waals surface area contributed by atoms with E-state index in [1.165, 1.54) is 149 Å². The molecule has 0 fully saturated rings. The Morgan fingerprint density at radius 2 is 0.840 bits per heavy atom. The molecular weight excluding hydrogens is 645 g/mol. The number of rotatable bonds is 25. The number of unbranched alkanes of at least 4 members (excludes halogenated alkanes) is 12. The SMILES string of the molecule is CCCCCCc1csc(/C=C/c2ccnc(-c3cc(/C=C/c4scc(CCCCCC)c4CCCCCC)ccn3)c2)c1CCCCCC. The number of hydrogen-bond donors (Lipinski definition) is 0. The van der Waals surface area contributed by atoms with Crippen molar-refractivity contribution >= 4 is 47.0 Å². The van der Waals surface area contributed by atoms with Crippen molar-refractivity contribution in [1.29, 1.82) is 0 Å². The van der Waals surface area contributed by atoms with Crippen molar-refractivity contribution in [3.63, 3.8) is 0 Å². The van der Waals surface area contributed by atoms with E-state index in [1.807, 2.05) is 35.1 Å². The molecule has 270 valence electrons. The van der Waals surface area contributed by atoms with Crippen molar-refractivity contribution in [2.24, 2.45) is 0 Å². The van der Waals surface area contributed by atoms with Crippen LogP contribution in [-0.2, 0) is 25.7 Å². The van der Waals surface area contributed by atoms with Gasteiger partial charge in [-0.1, -0.05) is 117 Å². The minimum Gasteiger partial charge on any atom is -0.255 e. The van der Waals surface area contributed by atoms with Gasteiger partial charge in [0.2, 0.25) is 0 Å². The maximum absolute atomic E-state index is 4.74. The Bertz CT molecular complexity index is 1450. The first-order chi connectivity index (χ1) is 24.7. The molecule has 0 saturated carbocycles. The second-order valence-electron chi connectivity index (χ2n) is 14.1. The van der Waals surface area contributed by atoms with Crippen molar-refractivity contribution in [3.8, 4) is 11.4 Å². The molecule has 0 aromatic carbocycles. The summed E-state index contributed by atoms with van der Waals surface area (Å²) in [4.78, 5) is 12.3. The zero-order valence-electron chi connectivity index (χ0n) is 31.8. The van der Waals surface area contributed by atoms with Crippen molar-refractivity contribution in [2.75, 3.05) is 0 Å². The Hall–Kier alpha value is -2.82. The molecule has 4 aromatic heterocycles. The van der Waals surface area contributed by atoms with E-state index in [2.05, 4.69) is 87.0 Å². The molecular formula is C46H64N2S2. The largest absolute Gasteiger partial charge is 0.255 e. The van der Waals surface area contributed by atoms with E-state index < -0.39 is 0 Å². The van der Waals surface area contributed by atoms with Gasteiger partial charge in [0.15, 0.2) is 0 Å². The highest BCUT2D eigenvalue weighted by atomic mass is 32.1. The normalized spacial score (nSPS) is 11.8. The minimum absolute atomic E-state index is 0.923. The van der Waals surface area contributed by atoms with Gasteiger partial charge in [0.05, 0.1) is 11.4 Å². The van der Waals surface area contributed by atoms with Crippen LogP contribution in [0.4, 0.5) is 0 Å². The summed E-state index contributed by atoms with van der Waals surface area (Å²) in [5, 5.41) is 4.86. The van der Waals surface area contributed by atoms with Gasteiger partial charge in [-0.3, -0.25) is 9.97 Å². The van der Waals surface area contributed by atoms with E-state index in [0.29, 0.717) is 0 Å². The molecule has 50 heavy (non-hydrogen) atoms. The van der Waals surface area contributed by atoms with Crippen LogP contribution in [0.5, 0.6) is 0 Å². The third-order valence-corrected chi connectivity index (χ3v) is 11.9. The standard InChI is InChI=1S/C46H64N2S2/c1-5-9-13-17-21-39-35-49-45(41(39)23-19-15-11-7-3)27-25-37-29-31-47-43(33-37)44-34-38(30-32-48-44)26-28-46-42(24-20-16-12-8-4)40(36-50-46)22-18-14-10-6-2/h25-36H,5-24H2,1-4H3/b27-25+,28-26+. The average Bonchev–Trinajstić information content (AvgIpc) is 3.73. The first-order valence-electron chi connectivity index (χ1n) is 20.1. The van der Waals surface area contributed by atoms with Crippen molar-refractivity contribution in [1.82, 2.24) is 9.97 Å². The van der Waals surface area contributed by atoms with E-state index in [9.17, 15) is 0 Å². The van der Waals surface area contributed by atoms with Crippen LogP contribution in [-0.4, -0.2) is 9.97 Å². The van der Waals surface area contributed by atoms with Gasteiger partial charge in [0, 0.05) is 22.1 Å². The van der Waals surface area contributed by atoms with Crippen molar-refractivity contribution in [3.05, 3.63) is 90.6 Å². The summed E-state index contributed by atoms with van der Waals surface area (Å²) in [6, 6.07) is 8.60. The zero-order chi connectivity index (χ0) is 35.2. The molecule has 0 N–H and O–H groups in total. The van der Waals surface area contributed by atoms with Gasteiger partial charge >= 0.3 is 0 Å². The molecule has 0 aliphatic heterocycles. The van der Waals surface area contributed by atoms with E-state index in [0.717, 1.165) is 11.4 Å². The van der Waals surface area contributed by atoms with E-state index in [-0.39, 0.29) is 0 Å². The molecule has 4 heteroatoms. The summed E-state index contributed by atoms with van der Waals surface area (Å²) >= 11 is 3.84. The first-order valence-corrected chi connectivity index (χ1v) is 21.9. The number of hydrogen-bond acceptors (Lipinski definition) is 4. The molecule has 0 spiro atoms. The van der Waals surface area contributed by atoms with Crippen LogP contribution in [0.1, 0.15) is 174 Å². The molecule has 4 heterocycles. The molecule has 0 amide bonds. The Balaban J connectivity index is 1.48. The molecule has 0 saturated heterocycles. The summed E-state index contributed by atoms with van der Waals surface area (Å²) in [7, 11) is 0. The van der Waals surface area contributed by atoms with Gasteiger partial charge in [-0.05, 0) is 132 Å². The van der Waals surface area contributed by atoms with E-state index in [4.69, 9.17) is 9.97 Å². The van der Waals surface area contributed by atoms with Crippen LogP contribution >= 0.6 is 22.7 Å². The maximum atomic E-state index is 4.74. The van der Waals surface area contributed by atoms with Crippen LogP contribution in [0.15, 0.2) is 47.4 Å². The van der Waals surface area contributed by atoms with E-state index in [1.54, 1.807) is 22.3 Å². The van der Waals surface area contributed by atoms with Gasteiger partial charge in [-0.25, -0.2) is 0 Å². The third kappa shape index (κ3) is 13.4. The summed E-state index contributed by atoms with van der Waals surface area (Å²) in [6.45, 7) is 9.18. The molecule has 0 atom stereocenters. The second kappa shape index (κ2) is 23.6. The monoisotopic (exact) mass is 708 g/mol. The predicted octanol–water partition coefficient (Wildman–Crippen LogP) is 15.1. The lowest BCUT2D eigenvalue weighted by Gasteiger charge is -2.07. The zero-order valence-corrected chi connectivity index (χ0v) is 33.4. The minimum atomic E-state index is 0.923. The topological polar surface area (TPSA) is 25.8 Å². The maximum Gasteiger partial charge on any atom is 0.0892 e. The van der Waals surface area contributed by atoms with Gasteiger partial charge in [0.25, 0.3) is 0 Å². The molecule has 4 rings (SSSR count). The van der Waals surface area contributed by atoms with Crippen molar-refractivity contribution < 1.29 is 0 Å². The number of nitrogens with zero attached hydrogens (tertiary/aromatic N) is 2. The molecule has 2 nitrogen and oxygen atoms in total. The van der Waals surface area contributed by atoms with Crippen LogP contribution in [0.2, 0.25) is 0 Å².